The summed E-state index contributed by atoms with van der Waals surface area (Å²) in [7, 11) is 0. The largest absolute Gasteiger partial charge is 0.481 e. The predicted molar refractivity (Wildman–Crippen MR) is 152 cm³/mol. The first-order valence-electron chi connectivity index (χ1n) is 12.2. The standard InChI is InChI=1S/C22H39IN7O7P/c1-13(31)26-12-17(32)28-16(6-5-8-25-20(24)29-38-23)18(33)27-11-15-10-14(19(34)35)7-9-30(15)21(36)37-22(2,3)4/h14-16,38H,5-12H2,1-4H3,(H,26,31)(H,27,33)(H,28,32)(H,34,35)(H3,24,25,29)/t14?,15?,16-/m0/s1. The number of nitrogens with two attached hydrogens (primary N) is 1. The lowest BCUT2D eigenvalue weighted by molar-refractivity contribution is -0.144. The summed E-state index contributed by atoms with van der Waals surface area (Å²) < 4.78 is 5.47. The maximum atomic E-state index is 13.1. The first-order chi connectivity index (χ1) is 17.7. The van der Waals surface area contributed by atoms with Gasteiger partial charge in [-0.15, -0.1) is 0 Å². The Bertz CT molecular complexity index is 885. The maximum Gasteiger partial charge on any atom is 0.410 e. The minimum Gasteiger partial charge on any atom is -0.481 e. The van der Waals surface area contributed by atoms with Crippen LogP contribution in [0.3, 0.4) is 0 Å². The van der Waals surface area contributed by atoms with Crippen LogP contribution in [0.2, 0.25) is 0 Å². The highest BCUT2D eigenvalue weighted by molar-refractivity contribution is 14.2. The molecule has 0 spiro atoms. The van der Waals surface area contributed by atoms with E-state index < -0.39 is 47.5 Å². The molecule has 4 amide bonds. The Morgan fingerprint density at radius 1 is 1.24 bits per heavy atom. The van der Waals surface area contributed by atoms with Crippen LogP contribution in [-0.4, -0.2) is 89.6 Å². The van der Waals surface area contributed by atoms with E-state index in [9.17, 15) is 29.1 Å². The van der Waals surface area contributed by atoms with Crippen LogP contribution in [0.5, 0.6) is 0 Å². The molecule has 0 aliphatic carbocycles. The number of likely N-dealkylation sites (tertiary alicyclic amines) is 1. The van der Waals surface area contributed by atoms with Crippen molar-refractivity contribution in [3.8, 4) is 0 Å². The number of amides is 4. The molecule has 7 N–H and O–H groups in total. The van der Waals surface area contributed by atoms with Gasteiger partial charge < -0.3 is 41.5 Å². The lowest BCUT2D eigenvalue weighted by Crippen LogP contribution is -2.55. The number of rotatable bonds is 12. The number of carboxylic acids is 1. The summed E-state index contributed by atoms with van der Waals surface area (Å²) in [5.41, 5.74) is 4.98. The number of hydrogen-bond acceptors (Lipinski definition) is 7. The topological polar surface area (TPSA) is 205 Å². The number of halogens is 1. The summed E-state index contributed by atoms with van der Waals surface area (Å²) in [6.45, 7) is 6.65. The normalized spacial score (nSPS) is 19.0. The zero-order valence-corrected chi connectivity index (χ0v) is 25.3. The lowest BCUT2D eigenvalue weighted by Gasteiger charge is -2.39. The number of hydrogen-bond donors (Lipinski definition) is 6. The fourth-order valence-corrected chi connectivity index (χ4v) is 4.68. The van der Waals surface area contributed by atoms with E-state index in [4.69, 9.17) is 10.5 Å². The van der Waals surface area contributed by atoms with E-state index in [0.717, 1.165) is 0 Å². The zero-order valence-electron chi connectivity index (χ0n) is 22.1. The number of aliphatic carboxylic acids is 1. The number of ether oxygens (including phenoxy) is 1. The van der Waals surface area contributed by atoms with Crippen molar-refractivity contribution in [3.05, 3.63) is 0 Å². The first-order valence-corrected chi connectivity index (χ1v) is 16.3. The molecule has 16 heteroatoms. The van der Waals surface area contributed by atoms with Crippen LogP contribution in [0.15, 0.2) is 4.99 Å². The second-order valence-corrected chi connectivity index (χ2v) is 11.8. The van der Waals surface area contributed by atoms with Crippen molar-refractivity contribution < 1.29 is 33.8 Å². The Kier molecular flexibility index (Phi) is 14.6. The van der Waals surface area contributed by atoms with Crippen molar-refractivity contribution in [3.63, 3.8) is 0 Å². The number of aliphatic imine (C=N–C) groups is 1. The third-order valence-corrected chi connectivity index (χ3v) is 6.62. The molecule has 1 rings (SSSR count). The molecule has 1 aliphatic heterocycles. The van der Waals surface area contributed by atoms with Gasteiger partial charge in [0.25, 0.3) is 0 Å². The van der Waals surface area contributed by atoms with Crippen molar-refractivity contribution in [1.29, 1.82) is 0 Å². The SMILES string of the molecule is CC(=O)NCC(=O)N[C@@H](CCCN=C(N)NPI)C(=O)NCC1CC(C(=O)O)CCN1C(=O)OC(C)(C)C. The molecular formula is C22H39IN7O7P. The fourth-order valence-electron chi connectivity index (χ4n) is 3.67. The highest BCUT2D eigenvalue weighted by atomic mass is 127. The highest BCUT2D eigenvalue weighted by Crippen LogP contribution is 2.25. The second-order valence-electron chi connectivity index (χ2n) is 9.79. The van der Waals surface area contributed by atoms with E-state index >= 15 is 0 Å². The second kappa shape index (κ2) is 16.5. The average molecular weight is 671 g/mol. The van der Waals surface area contributed by atoms with Crippen LogP contribution in [0.1, 0.15) is 53.4 Å². The average Bonchev–Trinajstić information content (AvgIpc) is 2.81. The molecule has 216 valence electrons. The van der Waals surface area contributed by atoms with Crippen molar-refractivity contribution in [2.75, 3.05) is 26.2 Å². The number of guanidine groups is 1. The van der Waals surface area contributed by atoms with Gasteiger partial charge in [0.15, 0.2) is 5.96 Å². The minimum absolute atomic E-state index is 0.0223. The Labute approximate surface area is 237 Å². The molecule has 0 aromatic heterocycles. The van der Waals surface area contributed by atoms with Crippen LogP contribution >= 0.6 is 28.4 Å². The van der Waals surface area contributed by atoms with Gasteiger partial charge in [-0.25, -0.2) is 4.79 Å². The summed E-state index contributed by atoms with van der Waals surface area (Å²) in [5, 5.41) is 20.1. The van der Waals surface area contributed by atoms with Crippen molar-refractivity contribution in [2.45, 2.75) is 71.1 Å². The third-order valence-electron chi connectivity index (χ3n) is 5.46. The molecule has 1 saturated heterocycles. The molecule has 1 heterocycles. The highest BCUT2D eigenvalue weighted by Gasteiger charge is 2.37. The Morgan fingerprint density at radius 3 is 2.50 bits per heavy atom. The van der Waals surface area contributed by atoms with Gasteiger partial charge in [-0.05, 0) is 68.5 Å². The molecule has 0 bridgehead atoms. The monoisotopic (exact) mass is 671 g/mol. The van der Waals surface area contributed by atoms with Crippen molar-refractivity contribution in [2.24, 2.45) is 16.6 Å². The van der Waals surface area contributed by atoms with E-state index in [1.54, 1.807) is 20.8 Å². The summed E-state index contributed by atoms with van der Waals surface area (Å²) >= 11 is 2.11. The van der Waals surface area contributed by atoms with Crippen LogP contribution in [-0.2, 0) is 23.9 Å². The molecule has 38 heavy (non-hydrogen) atoms. The number of carbonyl (C=O) groups excluding carboxylic acids is 4. The van der Waals surface area contributed by atoms with E-state index in [1.807, 2.05) is 0 Å². The van der Waals surface area contributed by atoms with Gasteiger partial charge in [0.2, 0.25) is 17.7 Å². The number of carbonyl (C=O) groups is 5. The number of carboxylic acid groups (broad SMARTS) is 1. The molecule has 14 nitrogen and oxygen atoms in total. The Balaban J connectivity index is 2.91. The smallest absolute Gasteiger partial charge is 0.410 e. The zero-order chi connectivity index (χ0) is 28.9. The Morgan fingerprint density at radius 2 is 1.92 bits per heavy atom. The summed E-state index contributed by atoms with van der Waals surface area (Å²) in [6.07, 6.45) is 0.861. The first kappa shape index (κ1) is 33.6. The summed E-state index contributed by atoms with van der Waals surface area (Å²) in [4.78, 5) is 66.4. The molecule has 0 aromatic carbocycles. The predicted octanol–water partition coefficient (Wildman–Crippen LogP) is 0.452. The third kappa shape index (κ3) is 13.4. The van der Waals surface area contributed by atoms with Gasteiger partial charge in [0.1, 0.15) is 11.6 Å². The quantitative estimate of drug-likeness (QED) is 0.0560. The molecule has 3 unspecified atom stereocenters. The molecule has 1 fully saturated rings. The lowest BCUT2D eigenvalue weighted by atomic mass is 9.91. The molecule has 0 radical (unpaired) electrons. The Hall–Kier alpha value is -2.42. The minimum atomic E-state index is -0.967. The molecule has 0 saturated carbocycles. The van der Waals surface area contributed by atoms with Gasteiger partial charge in [-0.3, -0.25) is 24.2 Å². The van der Waals surface area contributed by atoms with E-state index in [-0.39, 0.29) is 50.8 Å². The van der Waals surface area contributed by atoms with Crippen LogP contribution < -0.4 is 26.8 Å². The van der Waals surface area contributed by atoms with Gasteiger partial charge >= 0.3 is 12.1 Å². The van der Waals surface area contributed by atoms with E-state index in [2.05, 4.69) is 48.1 Å². The number of nitrogens with zero attached hydrogens (tertiary/aromatic N) is 2. The molecule has 0 aromatic rings. The molecule has 1 aliphatic rings. The van der Waals surface area contributed by atoms with Crippen molar-refractivity contribution >= 4 is 64.2 Å². The van der Waals surface area contributed by atoms with E-state index in [1.165, 1.54) is 11.8 Å². The number of nitrogens with one attached hydrogen (secondary N) is 4. The van der Waals surface area contributed by atoms with Gasteiger partial charge in [0.05, 0.1) is 18.5 Å². The van der Waals surface area contributed by atoms with Crippen molar-refractivity contribution in [1.82, 2.24) is 25.9 Å². The number of piperidine rings is 1. The maximum absolute atomic E-state index is 13.1. The van der Waals surface area contributed by atoms with Crippen LogP contribution in [0.25, 0.3) is 0 Å². The van der Waals surface area contributed by atoms with Crippen LogP contribution in [0, 0.1) is 5.92 Å². The van der Waals surface area contributed by atoms with Crippen LogP contribution in [0.4, 0.5) is 4.79 Å². The van der Waals surface area contributed by atoms with Gasteiger partial charge in [-0.2, -0.15) is 0 Å². The van der Waals surface area contributed by atoms with Gasteiger partial charge in [-0.1, -0.05) is 0 Å². The van der Waals surface area contributed by atoms with E-state index in [0.29, 0.717) is 19.3 Å². The molecule has 4 atom stereocenters. The molecular weight excluding hydrogens is 632 g/mol. The fraction of sp³-hybridized carbons (Fsp3) is 0.727. The summed E-state index contributed by atoms with van der Waals surface area (Å²) in [6, 6.07) is -1.55. The van der Waals surface area contributed by atoms with Gasteiger partial charge in [0, 0.05) is 32.9 Å². The summed E-state index contributed by atoms with van der Waals surface area (Å²) in [5.74, 6) is -2.79.